The highest BCUT2D eigenvalue weighted by Gasteiger charge is 2.09. The summed E-state index contributed by atoms with van der Waals surface area (Å²) in [5.41, 5.74) is 6.29. The highest BCUT2D eigenvalue weighted by atomic mass is 32.1. The molecule has 0 aliphatic carbocycles. The van der Waals surface area contributed by atoms with Crippen LogP contribution >= 0.6 is 12.2 Å². The van der Waals surface area contributed by atoms with Crippen LogP contribution in [0.25, 0.3) is 0 Å². The zero-order chi connectivity index (χ0) is 12.0. The lowest BCUT2D eigenvalue weighted by atomic mass is 10.2. The molecule has 1 heterocycles. The molecular weight excluding hydrogens is 224 g/mol. The van der Waals surface area contributed by atoms with Gasteiger partial charge in [0.15, 0.2) is 5.82 Å². The van der Waals surface area contributed by atoms with Crippen molar-refractivity contribution in [3.63, 3.8) is 0 Å². The van der Waals surface area contributed by atoms with Crippen LogP contribution in [0.1, 0.15) is 19.4 Å². The Morgan fingerprint density at radius 3 is 3.06 bits per heavy atom. The number of nitrogens with one attached hydrogen (secondary N) is 1. The highest BCUT2D eigenvalue weighted by Crippen LogP contribution is 2.11. The summed E-state index contributed by atoms with van der Waals surface area (Å²) in [6, 6.07) is 1.87. The molecule has 1 unspecified atom stereocenters. The summed E-state index contributed by atoms with van der Waals surface area (Å²) in [4.78, 5) is 0.306. The first-order chi connectivity index (χ1) is 7.65. The van der Waals surface area contributed by atoms with E-state index < -0.39 is 0 Å². The molecule has 0 saturated heterocycles. The Bertz CT molecular complexity index is 358. The van der Waals surface area contributed by atoms with Crippen molar-refractivity contribution in [2.45, 2.75) is 19.9 Å². The Morgan fingerprint density at radius 1 is 1.69 bits per heavy atom. The molecule has 0 spiro atoms. The molecule has 88 valence electrons. The maximum Gasteiger partial charge on any atom is 0.159 e. The van der Waals surface area contributed by atoms with Crippen molar-refractivity contribution >= 4 is 23.0 Å². The van der Waals surface area contributed by atoms with E-state index in [1.165, 1.54) is 0 Å². The van der Waals surface area contributed by atoms with Gasteiger partial charge in [0.2, 0.25) is 0 Å². The fourth-order valence-corrected chi connectivity index (χ4v) is 1.37. The van der Waals surface area contributed by atoms with Gasteiger partial charge in [0.1, 0.15) is 4.99 Å². The third-order valence-electron chi connectivity index (χ3n) is 1.94. The molecule has 0 aliphatic heterocycles. The van der Waals surface area contributed by atoms with Gasteiger partial charge in [-0.1, -0.05) is 12.2 Å². The minimum Gasteiger partial charge on any atom is -0.389 e. The monoisotopic (exact) mass is 240 g/mol. The van der Waals surface area contributed by atoms with Crippen LogP contribution in [0.2, 0.25) is 0 Å². The van der Waals surface area contributed by atoms with Crippen molar-refractivity contribution in [1.29, 1.82) is 0 Å². The molecule has 1 aromatic rings. The summed E-state index contributed by atoms with van der Waals surface area (Å²) in [7, 11) is 0. The van der Waals surface area contributed by atoms with E-state index in [1.54, 1.807) is 12.3 Å². The van der Waals surface area contributed by atoms with E-state index >= 15 is 0 Å². The van der Waals surface area contributed by atoms with Crippen molar-refractivity contribution in [3.8, 4) is 0 Å². The predicted molar refractivity (Wildman–Crippen MR) is 67.5 cm³/mol. The molecule has 0 amide bonds. The lowest BCUT2D eigenvalue weighted by Crippen LogP contribution is -2.25. The Labute approximate surface area is 100 Å². The van der Waals surface area contributed by atoms with Crippen molar-refractivity contribution in [3.05, 3.63) is 17.8 Å². The van der Waals surface area contributed by atoms with Crippen LogP contribution in [-0.2, 0) is 4.74 Å². The summed E-state index contributed by atoms with van der Waals surface area (Å²) in [6.45, 7) is 5.24. The summed E-state index contributed by atoms with van der Waals surface area (Å²) < 4.78 is 5.29. The molecule has 0 radical (unpaired) electrons. The number of ether oxygens (including phenoxy) is 1. The first-order valence-corrected chi connectivity index (χ1v) is 5.51. The average molecular weight is 240 g/mol. The fraction of sp³-hybridized carbons (Fsp3) is 0.500. The van der Waals surface area contributed by atoms with E-state index in [4.69, 9.17) is 22.7 Å². The maximum absolute atomic E-state index is 5.58. The third kappa shape index (κ3) is 3.71. The second-order valence-electron chi connectivity index (χ2n) is 3.36. The lowest BCUT2D eigenvalue weighted by molar-refractivity contribution is 0.141. The van der Waals surface area contributed by atoms with Crippen molar-refractivity contribution in [2.24, 2.45) is 5.73 Å². The predicted octanol–water partition coefficient (Wildman–Crippen LogP) is 0.948. The van der Waals surface area contributed by atoms with Crippen molar-refractivity contribution in [2.75, 3.05) is 18.5 Å². The smallest absolute Gasteiger partial charge is 0.159 e. The molecule has 0 fully saturated rings. The molecule has 5 nitrogen and oxygen atoms in total. The lowest BCUT2D eigenvalue weighted by Gasteiger charge is -2.15. The van der Waals surface area contributed by atoms with Crippen LogP contribution in [0.15, 0.2) is 12.3 Å². The van der Waals surface area contributed by atoms with Gasteiger partial charge < -0.3 is 15.8 Å². The first kappa shape index (κ1) is 12.8. The van der Waals surface area contributed by atoms with Gasteiger partial charge in [-0.25, -0.2) is 0 Å². The number of nitrogens with zero attached hydrogens (tertiary/aromatic N) is 2. The Kier molecular flexibility index (Phi) is 5.07. The van der Waals surface area contributed by atoms with Gasteiger partial charge in [-0.05, 0) is 19.9 Å². The van der Waals surface area contributed by atoms with Gasteiger partial charge in [0, 0.05) is 12.6 Å². The van der Waals surface area contributed by atoms with E-state index in [1.807, 2.05) is 13.8 Å². The molecule has 0 aliphatic rings. The van der Waals surface area contributed by atoms with E-state index in [0.29, 0.717) is 29.6 Å². The minimum absolute atomic E-state index is 0.129. The molecular formula is C10H16N4OS. The number of rotatable bonds is 6. The number of anilines is 1. The molecule has 1 rings (SSSR count). The van der Waals surface area contributed by atoms with E-state index in [2.05, 4.69) is 15.5 Å². The highest BCUT2D eigenvalue weighted by molar-refractivity contribution is 7.80. The topological polar surface area (TPSA) is 73.1 Å². The minimum atomic E-state index is 0.129. The molecule has 0 aromatic carbocycles. The molecule has 6 heteroatoms. The van der Waals surface area contributed by atoms with Crippen molar-refractivity contribution in [1.82, 2.24) is 10.2 Å². The summed E-state index contributed by atoms with van der Waals surface area (Å²) >= 11 is 4.93. The second kappa shape index (κ2) is 6.34. The first-order valence-electron chi connectivity index (χ1n) is 5.11. The Hall–Kier alpha value is -1.27. The Morgan fingerprint density at radius 2 is 2.44 bits per heavy atom. The second-order valence-corrected chi connectivity index (χ2v) is 3.80. The third-order valence-corrected chi connectivity index (χ3v) is 2.16. The number of hydrogen-bond acceptors (Lipinski definition) is 5. The van der Waals surface area contributed by atoms with Gasteiger partial charge in [0.25, 0.3) is 0 Å². The van der Waals surface area contributed by atoms with Crippen LogP contribution in [0.3, 0.4) is 0 Å². The molecule has 0 saturated carbocycles. The van der Waals surface area contributed by atoms with Gasteiger partial charge in [-0.15, -0.1) is 5.10 Å². The van der Waals surface area contributed by atoms with Gasteiger partial charge in [0.05, 0.1) is 18.4 Å². The van der Waals surface area contributed by atoms with Gasteiger partial charge in [-0.3, -0.25) is 0 Å². The quantitative estimate of drug-likeness (QED) is 0.721. The number of nitrogens with two attached hydrogens (primary N) is 1. The summed E-state index contributed by atoms with van der Waals surface area (Å²) in [5.74, 6) is 0.599. The van der Waals surface area contributed by atoms with Crippen LogP contribution in [0.5, 0.6) is 0 Å². The molecule has 16 heavy (non-hydrogen) atoms. The van der Waals surface area contributed by atoms with Crippen LogP contribution in [0.4, 0.5) is 5.82 Å². The maximum atomic E-state index is 5.58. The van der Waals surface area contributed by atoms with Crippen molar-refractivity contribution < 1.29 is 4.74 Å². The zero-order valence-corrected chi connectivity index (χ0v) is 10.3. The van der Waals surface area contributed by atoms with E-state index in [9.17, 15) is 0 Å². The standard InChI is InChI=1S/C10H16N4OS/c1-3-15-6-7(2)13-10-8(9(11)16)4-5-12-14-10/h4-5,7H,3,6H2,1-2H3,(H2,11,16)(H,13,14). The largest absolute Gasteiger partial charge is 0.389 e. The van der Waals surface area contributed by atoms with Crippen LogP contribution in [0, 0.1) is 0 Å². The SMILES string of the molecule is CCOCC(C)Nc1nnccc1C(N)=S. The molecule has 1 aromatic heterocycles. The van der Waals surface area contributed by atoms with Crippen LogP contribution < -0.4 is 11.1 Å². The number of hydrogen-bond donors (Lipinski definition) is 2. The fourth-order valence-electron chi connectivity index (χ4n) is 1.21. The number of thiocarbonyl (C=S) groups is 1. The van der Waals surface area contributed by atoms with E-state index in [0.717, 1.165) is 0 Å². The average Bonchev–Trinajstić information content (AvgIpc) is 2.27. The van der Waals surface area contributed by atoms with Gasteiger partial charge in [-0.2, -0.15) is 5.10 Å². The molecule has 1 atom stereocenters. The molecule has 0 bridgehead atoms. The number of aromatic nitrogens is 2. The normalized spacial score (nSPS) is 12.1. The Balaban J connectivity index is 2.69. The summed E-state index contributed by atoms with van der Waals surface area (Å²) in [5, 5.41) is 10.9. The van der Waals surface area contributed by atoms with Gasteiger partial charge >= 0.3 is 0 Å². The zero-order valence-electron chi connectivity index (χ0n) is 9.43. The summed E-state index contributed by atoms with van der Waals surface area (Å²) in [6.07, 6.45) is 1.56. The van der Waals surface area contributed by atoms with Crippen LogP contribution in [-0.4, -0.2) is 34.4 Å². The van der Waals surface area contributed by atoms with E-state index in [-0.39, 0.29) is 6.04 Å². The molecule has 3 N–H and O–H groups in total.